The molecule has 84 valence electrons. The first-order valence-electron chi connectivity index (χ1n) is 4.03. The van der Waals surface area contributed by atoms with Crippen molar-refractivity contribution in [2.45, 2.75) is 6.18 Å². The van der Waals surface area contributed by atoms with Gasteiger partial charge in [-0.1, -0.05) is 0 Å². The van der Waals surface area contributed by atoms with Gasteiger partial charge in [0.2, 0.25) is 11.8 Å². The average molecular weight is 231 g/mol. The lowest BCUT2D eigenvalue weighted by Crippen LogP contribution is -2.55. The number of carbonyl (C=O) groups excluding carboxylic acids is 2. The second kappa shape index (κ2) is 3.81. The summed E-state index contributed by atoms with van der Waals surface area (Å²) in [5.74, 6) is -9.34. The molecule has 1 saturated heterocycles. The van der Waals surface area contributed by atoms with Crippen molar-refractivity contribution in [3.63, 3.8) is 0 Å². The van der Waals surface area contributed by atoms with Crippen LogP contribution in [0.1, 0.15) is 0 Å². The number of carbonyl (C=O) groups is 2. The fourth-order valence-corrected chi connectivity index (χ4v) is 1.45. The summed E-state index contributed by atoms with van der Waals surface area (Å²) in [5.41, 5.74) is 0. The Morgan fingerprint density at radius 1 is 1.06 bits per heavy atom. The minimum Gasteiger partial charge on any atom is -0.294 e. The van der Waals surface area contributed by atoms with Crippen molar-refractivity contribution in [1.82, 2.24) is 5.32 Å². The average Bonchev–Trinajstić information content (AvgIpc) is 2.15. The van der Waals surface area contributed by atoms with Crippen LogP contribution < -0.4 is 5.32 Å². The molecule has 1 aliphatic rings. The van der Waals surface area contributed by atoms with Crippen molar-refractivity contribution in [2.75, 3.05) is 0 Å². The molecule has 2 atom stereocenters. The van der Waals surface area contributed by atoms with E-state index in [9.17, 15) is 22.8 Å². The van der Waals surface area contributed by atoms with E-state index in [1.165, 1.54) is 0 Å². The lowest BCUT2D eigenvalue weighted by atomic mass is 9.78. The van der Waals surface area contributed by atoms with Gasteiger partial charge in [0.05, 0.1) is 12.1 Å². The molecule has 1 heterocycles. The van der Waals surface area contributed by atoms with Gasteiger partial charge < -0.3 is 0 Å². The molecule has 2 amide bonds. The van der Waals surface area contributed by atoms with Gasteiger partial charge >= 0.3 is 6.18 Å². The highest BCUT2D eigenvalue weighted by Gasteiger charge is 2.57. The summed E-state index contributed by atoms with van der Waals surface area (Å²) in [6, 6.07) is 2.32. The summed E-state index contributed by atoms with van der Waals surface area (Å²) < 4.78 is 37.6. The molecular weight excluding hydrogens is 227 g/mol. The number of alkyl halides is 3. The van der Waals surface area contributed by atoms with Crippen LogP contribution in [0.3, 0.4) is 0 Å². The van der Waals surface area contributed by atoms with Crippen molar-refractivity contribution in [1.29, 1.82) is 10.5 Å². The van der Waals surface area contributed by atoms with E-state index in [4.69, 9.17) is 10.5 Å². The third-order valence-electron chi connectivity index (χ3n) is 2.19. The van der Waals surface area contributed by atoms with Crippen LogP contribution in [0.2, 0.25) is 0 Å². The monoisotopic (exact) mass is 231 g/mol. The number of halogens is 3. The van der Waals surface area contributed by atoms with Crippen molar-refractivity contribution in [3.05, 3.63) is 0 Å². The fraction of sp³-hybridized carbons (Fsp3) is 0.500. The van der Waals surface area contributed by atoms with Gasteiger partial charge in [0.25, 0.3) is 0 Å². The third-order valence-corrected chi connectivity index (χ3v) is 2.19. The van der Waals surface area contributed by atoms with Crippen molar-refractivity contribution in [3.8, 4) is 12.1 Å². The Hall–Kier alpha value is -2.09. The van der Waals surface area contributed by atoms with Crippen LogP contribution in [0.5, 0.6) is 0 Å². The molecule has 0 unspecified atom stereocenters. The minimum atomic E-state index is -4.95. The van der Waals surface area contributed by atoms with Crippen LogP contribution in [0.15, 0.2) is 0 Å². The molecule has 0 radical (unpaired) electrons. The van der Waals surface area contributed by atoms with E-state index in [1.807, 2.05) is 0 Å². The maximum absolute atomic E-state index is 12.5. The number of nitrogens with one attached hydrogen (secondary N) is 1. The van der Waals surface area contributed by atoms with E-state index in [0.717, 1.165) is 12.1 Å². The van der Waals surface area contributed by atoms with Crippen LogP contribution in [0.25, 0.3) is 0 Å². The Kier molecular flexibility index (Phi) is 2.86. The molecule has 16 heavy (non-hydrogen) atoms. The largest absolute Gasteiger partial charge is 0.395 e. The number of hydrogen-bond donors (Lipinski definition) is 1. The summed E-state index contributed by atoms with van der Waals surface area (Å²) in [6.45, 7) is 0. The highest BCUT2D eigenvalue weighted by Crippen LogP contribution is 2.39. The summed E-state index contributed by atoms with van der Waals surface area (Å²) in [5, 5.41) is 18.5. The number of amides is 2. The van der Waals surface area contributed by atoms with E-state index in [2.05, 4.69) is 0 Å². The predicted octanol–water partition coefficient (Wildman–Crippen LogP) is 0.101. The van der Waals surface area contributed by atoms with Crippen LogP contribution in [-0.4, -0.2) is 18.0 Å². The van der Waals surface area contributed by atoms with Crippen LogP contribution >= 0.6 is 0 Å². The SMILES string of the molecule is N#C[C@H]1C(=O)NC(=O)[C@H](C#N)C1C(F)(F)F. The lowest BCUT2D eigenvalue weighted by molar-refractivity contribution is -0.201. The first kappa shape index (κ1) is 12.0. The summed E-state index contributed by atoms with van der Waals surface area (Å²) in [7, 11) is 0. The zero-order valence-electron chi connectivity index (χ0n) is 7.58. The molecule has 0 spiro atoms. The first-order valence-corrected chi connectivity index (χ1v) is 4.03. The molecule has 0 aromatic rings. The topological polar surface area (TPSA) is 93.8 Å². The van der Waals surface area contributed by atoms with Gasteiger partial charge in [-0.15, -0.1) is 0 Å². The molecule has 0 aliphatic carbocycles. The molecule has 8 heteroatoms. The second-order valence-corrected chi connectivity index (χ2v) is 3.13. The third kappa shape index (κ3) is 1.82. The molecule has 1 rings (SSSR count). The normalized spacial score (nSPS) is 26.8. The highest BCUT2D eigenvalue weighted by atomic mass is 19.4. The Morgan fingerprint density at radius 2 is 1.44 bits per heavy atom. The summed E-state index contributed by atoms with van der Waals surface area (Å²) >= 11 is 0. The van der Waals surface area contributed by atoms with Gasteiger partial charge in [-0.2, -0.15) is 23.7 Å². The van der Waals surface area contributed by atoms with Crippen molar-refractivity contribution >= 4 is 11.8 Å². The molecule has 0 saturated carbocycles. The molecule has 0 aromatic carbocycles. The molecular formula is C8H4F3N3O2. The van der Waals surface area contributed by atoms with Gasteiger partial charge in [-0.3, -0.25) is 14.9 Å². The fourth-order valence-electron chi connectivity index (χ4n) is 1.45. The number of hydrogen-bond acceptors (Lipinski definition) is 4. The Balaban J connectivity index is 3.23. The summed E-state index contributed by atoms with van der Waals surface area (Å²) in [6.07, 6.45) is -4.95. The standard InChI is InChI=1S/C8H4F3N3O2/c9-8(10,11)5-3(1-12)6(15)14-7(16)4(5)2-13/h3-5H,(H,14,15,16)/t3-,4-/m1/s1. The van der Waals surface area contributed by atoms with Crippen LogP contribution in [-0.2, 0) is 9.59 Å². The Morgan fingerprint density at radius 3 is 1.69 bits per heavy atom. The molecule has 0 bridgehead atoms. The number of nitrogens with zero attached hydrogens (tertiary/aromatic N) is 2. The van der Waals surface area contributed by atoms with Crippen molar-refractivity contribution < 1.29 is 22.8 Å². The van der Waals surface area contributed by atoms with Gasteiger partial charge in [0, 0.05) is 0 Å². The molecule has 5 nitrogen and oxygen atoms in total. The zero-order chi connectivity index (χ0) is 12.5. The van der Waals surface area contributed by atoms with Gasteiger partial charge in [0.15, 0.2) is 0 Å². The maximum Gasteiger partial charge on any atom is 0.395 e. The molecule has 1 aliphatic heterocycles. The quantitative estimate of drug-likeness (QED) is 0.598. The minimum absolute atomic E-state index is 1.16. The molecule has 1 N–H and O–H groups in total. The predicted molar refractivity (Wildman–Crippen MR) is 40.9 cm³/mol. The van der Waals surface area contributed by atoms with E-state index in [1.54, 1.807) is 5.32 Å². The molecule has 0 aromatic heterocycles. The van der Waals surface area contributed by atoms with E-state index >= 15 is 0 Å². The Bertz CT molecular complexity index is 386. The number of rotatable bonds is 0. The number of imide groups is 1. The first-order chi connectivity index (χ1) is 7.32. The van der Waals surface area contributed by atoms with Gasteiger partial charge in [-0.05, 0) is 0 Å². The smallest absolute Gasteiger partial charge is 0.294 e. The zero-order valence-corrected chi connectivity index (χ0v) is 7.58. The Labute approximate surface area is 87.4 Å². The van der Waals surface area contributed by atoms with Gasteiger partial charge in [-0.25, -0.2) is 0 Å². The molecule has 1 fully saturated rings. The number of nitriles is 2. The maximum atomic E-state index is 12.5. The van der Waals surface area contributed by atoms with Crippen molar-refractivity contribution in [2.24, 2.45) is 17.8 Å². The van der Waals surface area contributed by atoms with E-state index in [0.29, 0.717) is 0 Å². The number of piperidine rings is 1. The van der Waals surface area contributed by atoms with Crippen LogP contribution in [0, 0.1) is 40.4 Å². The highest BCUT2D eigenvalue weighted by molar-refractivity contribution is 6.02. The lowest BCUT2D eigenvalue weighted by Gasteiger charge is -2.30. The van der Waals surface area contributed by atoms with Gasteiger partial charge in [0.1, 0.15) is 17.8 Å². The van der Waals surface area contributed by atoms with E-state index in [-0.39, 0.29) is 0 Å². The summed E-state index contributed by atoms with van der Waals surface area (Å²) in [4.78, 5) is 22.0. The van der Waals surface area contributed by atoms with Crippen LogP contribution in [0.4, 0.5) is 13.2 Å². The van der Waals surface area contributed by atoms with E-state index < -0.39 is 35.7 Å². The second-order valence-electron chi connectivity index (χ2n) is 3.13.